The molecule has 14 nitrogen and oxygen atoms in total. The Morgan fingerprint density at radius 1 is 0.977 bits per heavy atom. The fraction of sp³-hybridized carbons (Fsp3) is 0.600. The Balaban J connectivity index is 0.000000192. The number of hydrogen-bond acceptors (Lipinski definition) is 10. The van der Waals surface area contributed by atoms with Crippen LogP contribution in [0.1, 0.15) is 96.2 Å². The summed E-state index contributed by atoms with van der Waals surface area (Å²) in [5.74, 6) is -1.94. The van der Waals surface area contributed by atoms with E-state index in [0.29, 0.717) is 36.0 Å². The number of ether oxygens (including phenoxy) is 1. The van der Waals surface area contributed by atoms with Gasteiger partial charge in [0.15, 0.2) is 0 Å². The number of urea groups is 1. The molecule has 1 aliphatic heterocycles. The first-order chi connectivity index (χ1) is 20.9. The predicted octanol–water partition coefficient (Wildman–Crippen LogP) is 2.41. The number of amides is 4. The van der Waals surface area contributed by atoms with Crippen molar-refractivity contribution in [1.82, 2.24) is 19.8 Å². The van der Waals surface area contributed by atoms with E-state index >= 15 is 0 Å². The molecular formula is C30H40N4O10. The van der Waals surface area contributed by atoms with Crippen LogP contribution in [0.5, 0.6) is 0 Å². The lowest BCUT2D eigenvalue weighted by atomic mass is 9.91. The molecule has 1 unspecified atom stereocenters. The Kier molecular flexibility index (Phi) is 11.5. The van der Waals surface area contributed by atoms with Crippen molar-refractivity contribution >= 4 is 40.7 Å². The number of fused-ring (bicyclic) bond motifs is 1. The zero-order valence-electron chi connectivity index (χ0n) is 25.8. The largest absolute Gasteiger partial charge is 0.465 e. The first-order valence-corrected chi connectivity index (χ1v) is 15.0. The minimum Gasteiger partial charge on any atom is -0.465 e. The molecule has 2 N–H and O–H groups in total. The zero-order valence-corrected chi connectivity index (χ0v) is 25.8. The Hall–Kier alpha value is -4.36. The molecule has 2 aromatic heterocycles. The van der Waals surface area contributed by atoms with Gasteiger partial charge in [-0.2, -0.15) is 0 Å². The maximum absolute atomic E-state index is 12.6. The van der Waals surface area contributed by atoms with Crippen LogP contribution in [-0.2, 0) is 30.3 Å². The molecular weight excluding hydrogens is 576 g/mol. The summed E-state index contributed by atoms with van der Waals surface area (Å²) in [6.07, 6.45) is 6.23. The summed E-state index contributed by atoms with van der Waals surface area (Å²) in [6, 6.07) is -0.556. The van der Waals surface area contributed by atoms with Crippen molar-refractivity contribution in [3.8, 4) is 0 Å². The molecule has 14 heteroatoms. The molecule has 0 spiro atoms. The number of nitrogens with one attached hydrogen (secondary N) is 2. The van der Waals surface area contributed by atoms with Gasteiger partial charge < -0.3 is 9.15 Å². The summed E-state index contributed by atoms with van der Waals surface area (Å²) in [6.45, 7) is 8.88. The van der Waals surface area contributed by atoms with Crippen molar-refractivity contribution in [2.24, 2.45) is 5.92 Å². The second-order valence-electron chi connectivity index (χ2n) is 10.9. The normalized spacial score (nSPS) is 17.3. The third-order valence-corrected chi connectivity index (χ3v) is 8.10. The monoisotopic (exact) mass is 616 g/mol. The minimum atomic E-state index is -0.597. The first-order valence-electron chi connectivity index (χ1n) is 15.0. The molecule has 1 saturated heterocycles. The highest BCUT2D eigenvalue weighted by Gasteiger charge is 2.38. The number of hydrogen-bond donors (Lipinski definition) is 2. The Morgan fingerprint density at radius 2 is 1.59 bits per heavy atom. The van der Waals surface area contributed by atoms with Crippen LogP contribution in [0.3, 0.4) is 0 Å². The van der Waals surface area contributed by atoms with Crippen molar-refractivity contribution in [3.05, 3.63) is 42.4 Å². The Labute approximate surface area is 253 Å². The molecule has 0 radical (unpaired) electrons. The van der Waals surface area contributed by atoms with E-state index in [1.54, 1.807) is 27.7 Å². The van der Waals surface area contributed by atoms with Gasteiger partial charge in [0.1, 0.15) is 23.5 Å². The number of aromatic nitrogens is 2. The lowest BCUT2D eigenvalue weighted by Crippen LogP contribution is -2.58. The number of rotatable bonds is 7. The molecule has 2 saturated carbocycles. The number of barbiturate groups is 1. The summed E-state index contributed by atoms with van der Waals surface area (Å²) in [7, 11) is 0. The Morgan fingerprint density at radius 3 is 2.07 bits per heavy atom. The van der Waals surface area contributed by atoms with Gasteiger partial charge in [-0.25, -0.2) is 14.4 Å². The Bertz CT molecular complexity index is 1590. The van der Waals surface area contributed by atoms with Crippen molar-refractivity contribution in [3.63, 3.8) is 0 Å². The van der Waals surface area contributed by atoms with Crippen LogP contribution in [0.4, 0.5) is 4.79 Å². The van der Waals surface area contributed by atoms with Gasteiger partial charge in [0.05, 0.1) is 6.61 Å². The molecule has 1 atom stereocenters. The van der Waals surface area contributed by atoms with E-state index in [9.17, 15) is 38.4 Å². The fourth-order valence-electron chi connectivity index (χ4n) is 5.05. The number of esters is 1. The van der Waals surface area contributed by atoms with Crippen LogP contribution >= 0.6 is 0 Å². The highest BCUT2D eigenvalue weighted by atomic mass is 16.5. The van der Waals surface area contributed by atoms with E-state index in [4.69, 9.17) is 4.42 Å². The lowest BCUT2D eigenvalue weighted by Gasteiger charge is -2.37. The van der Waals surface area contributed by atoms with Crippen molar-refractivity contribution in [1.29, 1.82) is 0 Å². The SMILES string of the molecule is CCOC(=O)C(C)C(=O)CC.CCc1c(C)c(=O)oc2[nH]c(=O)n(C3CCC3)c(=O)c12.O=C1CC(=O)N(C2CCC2)C(=O)N1. The van der Waals surface area contributed by atoms with Crippen molar-refractivity contribution < 1.29 is 33.1 Å². The molecule has 2 aliphatic carbocycles. The van der Waals surface area contributed by atoms with Gasteiger partial charge in [0.2, 0.25) is 17.5 Å². The van der Waals surface area contributed by atoms with Gasteiger partial charge >= 0.3 is 23.3 Å². The lowest BCUT2D eigenvalue weighted by molar-refractivity contribution is -0.150. The molecule has 44 heavy (non-hydrogen) atoms. The molecule has 0 aromatic carbocycles. The van der Waals surface area contributed by atoms with E-state index in [1.807, 2.05) is 6.92 Å². The van der Waals surface area contributed by atoms with Gasteiger partial charge in [-0.3, -0.25) is 43.7 Å². The first kappa shape index (κ1) is 34.1. The van der Waals surface area contributed by atoms with Crippen LogP contribution in [0, 0.1) is 12.8 Å². The number of imide groups is 2. The number of ketones is 1. The number of aromatic amines is 1. The van der Waals surface area contributed by atoms with Crippen LogP contribution in [-0.4, -0.2) is 56.7 Å². The molecule has 3 aliphatic rings. The quantitative estimate of drug-likeness (QED) is 0.344. The predicted molar refractivity (Wildman–Crippen MR) is 158 cm³/mol. The molecule has 5 rings (SSSR count). The van der Waals surface area contributed by atoms with E-state index in [-0.39, 0.29) is 41.5 Å². The molecule has 4 amide bonds. The second kappa shape index (κ2) is 14.9. The smallest absolute Gasteiger partial charge is 0.340 e. The molecule has 3 heterocycles. The second-order valence-corrected chi connectivity index (χ2v) is 10.9. The van der Waals surface area contributed by atoms with E-state index in [1.165, 1.54) is 9.47 Å². The number of Topliss-reactive ketones (excluding diaryl/α,β-unsaturated/α-hetero) is 1. The van der Waals surface area contributed by atoms with E-state index < -0.39 is 35.1 Å². The van der Waals surface area contributed by atoms with Gasteiger partial charge in [-0.1, -0.05) is 13.8 Å². The molecule has 3 fully saturated rings. The fourth-order valence-corrected chi connectivity index (χ4v) is 5.05. The van der Waals surface area contributed by atoms with Gasteiger partial charge in [-0.15, -0.1) is 0 Å². The van der Waals surface area contributed by atoms with Gasteiger partial charge in [0.25, 0.3) is 5.56 Å². The maximum Gasteiger partial charge on any atom is 0.340 e. The van der Waals surface area contributed by atoms with E-state index in [0.717, 1.165) is 38.5 Å². The van der Waals surface area contributed by atoms with Crippen molar-refractivity contribution in [2.75, 3.05) is 6.61 Å². The average Bonchev–Trinajstić information content (AvgIpc) is 2.92. The summed E-state index contributed by atoms with van der Waals surface area (Å²) in [5.41, 5.74) is -0.276. The number of carbonyl (C=O) groups is 5. The third-order valence-electron chi connectivity index (χ3n) is 8.10. The summed E-state index contributed by atoms with van der Waals surface area (Å²) in [4.78, 5) is 95.2. The minimum absolute atomic E-state index is 0.0111. The molecule has 240 valence electrons. The summed E-state index contributed by atoms with van der Waals surface area (Å²) < 4.78 is 11.0. The van der Waals surface area contributed by atoms with Crippen LogP contribution in [0.2, 0.25) is 0 Å². The maximum atomic E-state index is 12.6. The van der Waals surface area contributed by atoms with Crippen LogP contribution < -0.4 is 22.2 Å². The number of carbonyl (C=O) groups excluding carboxylic acids is 5. The highest BCUT2D eigenvalue weighted by Crippen LogP contribution is 2.29. The van der Waals surface area contributed by atoms with Gasteiger partial charge in [-0.05, 0) is 71.3 Å². The van der Waals surface area contributed by atoms with Gasteiger partial charge in [0, 0.05) is 24.1 Å². The molecule has 2 aromatic rings. The average molecular weight is 617 g/mol. The topological polar surface area (TPSA) is 195 Å². The number of H-pyrrole nitrogens is 1. The van der Waals surface area contributed by atoms with Crippen LogP contribution in [0.25, 0.3) is 11.1 Å². The summed E-state index contributed by atoms with van der Waals surface area (Å²) in [5, 5.41) is 2.47. The van der Waals surface area contributed by atoms with E-state index in [2.05, 4.69) is 15.0 Å². The van der Waals surface area contributed by atoms with Crippen LogP contribution in [0.15, 0.2) is 18.8 Å². The number of nitrogens with zero attached hydrogens (tertiary/aromatic N) is 2. The third kappa shape index (κ3) is 7.40. The molecule has 0 bridgehead atoms. The van der Waals surface area contributed by atoms with Crippen molar-refractivity contribution in [2.45, 2.75) is 104 Å². The standard InChI is InChI=1S/C14H16N2O4.C8H10N2O3.C8H14O3/c1-3-9-7(2)13(18)20-11-10(9)12(17)16(14(19)15-11)8-5-4-6-8;11-6-4-7(12)10(8(13)9-6)5-2-1-3-5;1-4-7(9)6(3)8(10)11-5-2/h8H,3-6H2,1-2H3,(H,15,19);5H,1-4H2,(H,9,11,13);6H,4-5H2,1-3H3. The highest BCUT2D eigenvalue weighted by molar-refractivity contribution is 6.14. The summed E-state index contributed by atoms with van der Waals surface area (Å²) >= 11 is 0. The number of aryl methyl sites for hydroxylation is 1. The zero-order chi connectivity index (χ0) is 32.7.